The summed E-state index contributed by atoms with van der Waals surface area (Å²) in [7, 11) is 0. The number of aliphatic imine (C=N–C) groups is 1. The van der Waals surface area contributed by atoms with Crippen molar-refractivity contribution in [1.29, 1.82) is 0 Å². The zero-order chi connectivity index (χ0) is 26.6. The van der Waals surface area contributed by atoms with Crippen LogP contribution in [0.3, 0.4) is 0 Å². The lowest BCUT2D eigenvalue weighted by atomic mass is 10.0. The normalized spacial score (nSPS) is 15.6. The first-order chi connectivity index (χ1) is 17.7. The number of hydrogen-bond donors (Lipinski definition) is 1. The minimum absolute atomic E-state index is 0.0000390. The first-order valence-corrected chi connectivity index (χ1v) is 13.2. The van der Waals surface area contributed by atoms with Crippen LogP contribution < -0.4 is 4.74 Å². The van der Waals surface area contributed by atoms with E-state index in [1.807, 2.05) is 71.6 Å². The molecular weight excluding hydrogens is 532 g/mol. The largest absolute Gasteiger partial charge is 0.478 e. The Labute approximate surface area is 226 Å². The van der Waals surface area contributed by atoms with E-state index < -0.39 is 17.6 Å². The molecule has 4 rings (SSSR count). The highest BCUT2D eigenvalue weighted by Crippen LogP contribution is 2.36. The molecule has 1 unspecified atom stereocenters. The van der Waals surface area contributed by atoms with E-state index in [-0.39, 0.29) is 5.91 Å². The molecule has 0 spiro atoms. The maximum absolute atomic E-state index is 13.4. The Bertz CT molecular complexity index is 1300. The molecule has 1 heterocycles. The van der Waals surface area contributed by atoms with Crippen molar-refractivity contribution in [3.8, 4) is 16.9 Å². The quantitative estimate of drug-likeness (QED) is 0.287. The monoisotopic (exact) mass is 562 g/mol. The van der Waals surface area contributed by atoms with Crippen LogP contribution in [0.15, 0.2) is 82.3 Å². The molecule has 7 heteroatoms. The Morgan fingerprint density at radius 3 is 2.43 bits per heavy atom. The maximum Gasteiger partial charge on any atom is 0.347 e. The number of carbonyl (C=O) groups is 2. The van der Waals surface area contributed by atoms with Crippen LogP contribution in [0.4, 0.5) is 0 Å². The van der Waals surface area contributed by atoms with E-state index in [0.717, 1.165) is 51.8 Å². The van der Waals surface area contributed by atoms with Gasteiger partial charge in [-0.15, -0.1) is 0 Å². The van der Waals surface area contributed by atoms with Crippen molar-refractivity contribution in [3.05, 3.63) is 88.4 Å². The molecule has 1 aliphatic heterocycles. The number of carbonyl (C=O) groups excluding carboxylic acids is 1. The number of amides is 1. The minimum atomic E-state index is -1.37. The summed E-state index contributed by atoms with van der Waals surface area (Å²) in [5.74, 6) is 0.280. The topological polar surface area (TPSA) is 79.2 Å². The Balaban J connectivity index is 1.57. The number of benzene rings is 3. The second-order valence-electron chi connectivity index (χ2n) is 9.64. The molecule has 1 amide bonds. The predicted molar refractivity (Wildman–Crippen MR) is 149 cm³/mol. The summed E-state index contributed by atoms with van der Waals surface area (Å²) in [6.07, 6.45) is 2.77. The van der Waals surface area contributed by atoms with Crippen LogP contribution in [-0.4, -0.2) is 33.3 Å². The van der Waals surface area contributed by atoms with E-state index in [0.29, 0.717) is 12.3 Å². The highest BCUT2D eigenvalue weighted by molar-refractivity contribution is 9.10. The van der Waals surface area contributed by atoms with Crippen LogP contribution in [0.25, 0.3) is 11.1 Å². The smallest absolute Gasteiger partial charge is 0.347 e. The highest BCUT2D eigenvalue weighted by atomic mass is 79.9. The molecule has 0 fully saturated rings. The molecule has 0 radical (unpaired) electrons. The SMILES string of the molecule is CCCCC1=NC(c2ccccc2)C(=O)N1Cc1ccc(-c2cc(Br)ccc2OC(C)(C)C(=O)O)cc1. The number of carboxylic acid groups (broad SMARTS) is 1. The Morgan fingerprint density at radius 2 is 1.78 bits per heavy atom. The van der Waals surface area contributed by atoms with Gasteiger partial charge in [0.2, 0.25) is 0 Å². The van der Waals surface area contributed by atoms with Crippen LogP contribution in [0.2, 0.25) is 0 Å². The molecule has 0 saturated heterocycles. The molecule has 0 bridgehead atoms. The van der Waals surface area contributed by atoms with E-state index in [1.165, 1.54) is 13.8 Å². The van der Waals surface area contributed by atoms with Crippen molar-refractivity contribution in [1.82, 2.24) is 4.90 Å². The van der Waals surface area contributed by atoms with Gasteiger partial charge >= 0.3 is 5.97 Å². The Hall–Kier alpha value is -3.45. The zero-order valence-electron chi connectivity index (χ0n) is 21.3. The average Bonchev–Trinajstić information content (AvgIpc) is 3.19. The number of halogens is 1. The van der Waals surface area contributed by atoms with E-state index in [2.05, 4.69) is 22.9 Å². The summed E-state index contributed by atoms with van der Waals surface area (Å²) in [6.45, 7) is 5.63. The summed E-state index contributed by atoms with van der Waals surface area (Å²) >= 11 is 3.50. The van der Waals surface area contributed by atoms with Crippen molar-refractivity contribution in [3.63, 3.8) is 0 Å². The van der Waals surface area contributed by atoms with Crippen LogP contribution in [-0.2, 0) is 16.1 Å². The number of aliphatic carboxylic acids is 1. The van der Waals surface area contributed by atoms with Crippen LogP contribution in [0.1, 0.15) is 57.2 Å². The highest BCUT2D eigenvalue weighted by Gasteiger charge is 2.35. The van der Waals surface area contributed by atoms with Gasteiger partial charge in [0.1, 0.15) is 11.6 Å². The van der Waals surface area contributed by atoms with Gasteiger partial charge in [0.05, 0.1) is 6.54 Å². The maximum atomic E-state index is 13.4. The molecule has 6 nitrogen and oxygen atoms in total. The molecule has 0 saturated carbocycles. The number of amidine groups is 1. The van der Waals surface area contributed by atoms with E-state index in [9.17, 15) is 14.7 Å². The van der Waals surface area contributed by atoms with Crippen molar-refractivity contribution in [2.24, 2.45) is 4.99 Å². The second-order valence-corrected chi connectivity index (χ2v) is 10.6. The number of ether oxygens (including phenoxy) is 1. The molecule has 37 heavy (non-hydrogen) atoms. The molecule has 1 N–H and O–H groups in total. The van der Waals surface area contributed by atoms with Crippen LogP contribution in [0.5, 0.6) is 5.75 Å². The van der Waals surface area contributed by atoms with Gasteiger partial charge < -0.3 is 9.84 Å². The van der Waals surface area contributed by atoms with Gasteiger partial charge in [-0.3, -0.25) is 14.7 Å². The van der Waals surface area contributed by atoms with Gasteiger partial charge in [-0.2, -0.15) is 0 Å². The first-order valence-electron chi connectivity index (χ1n) is 12.4. The predicted octanol–water partition coefficient (Wildman–Crippen LogP) is 7.03. The van der Waals surface area contributed by atoms with Gasteiger partial charge in [0, 0.05) is 16.5 Å². The third-order valence-corrected chi connectivity index (χ3v) is 6.88. The van der Waals surface area contributed by atoms with Crippen molar-refractivity contribution in [2.75, 3.05) is 0 Å². The lowest BCUT2D eigenvalue weighted by Crippen LogP contribution is -2.38. The second kappa shape index (κ2) is 11.3. The summed E-state index contributed by atoms with van der Waals surface area (Å²) < 4.78 is 6.73. The van der Waals surface area contributed by atoms with E-state index >= 15 is 0 Å². The molecule has 1 atom stereocenters. The lowest BCUT2D eigenvalue weighted by molar-refractivity contribution is -0.152. The lowest BCUT2D eigenvalue weighted by Gasteiger charge is -2.24. The van der Waals surface area contributed by atoms with Gasteiger partial charge in [0.15, 0.2) is 11.6 Å². The third kappa shape index (κ3) is 6.10. The van der Waals surface area contributed by atoms with Gasteiger partial charge in [-0.25, -0.2) is 4.79 Å². The number of unbranched alkanes of at least 4 members (excludes halogenated alkanes) is 1. The molecule has 3 aromatic rings. The van der Waals surface area contributed by atoms with Crippen molar-refractivity contribution in [2.45, 2.75) is 58.2 Å². The van der Waals surface area contributed by atoms with Gasteiger partial charge in [0.25, 0.3) is 5.91 Å². The standard InChI is InChI=1S/C30H31BrN2O4/c1-4-5-11-26-32-27(22-9-7-6-8-10-22)28(34)33(26)19-20-12-14-21(15-13-20)24-18-23(31)16-17-25(24)37-30(2,3)29(35)36/h6-10,12-18,27H,4-5,11,19H2,1-3H3,(H,35,36). The van der Waals surface area contributed by atoms with Crippen molar-refractivity contribution < 1.29 is 19.4 Å². The summed E-state index contributed by atoms with van der Waals surface area (Å²) in [5.41, 5.74) is 2.18. The zero-order valence-corrected chi connectivity index (χ0v) is 22.9. The van der Waals surface area contributed by atoms with E-state index in [4.69, 9.17) is 9.73 Å². The summed E-state index contributed by atoms with van der Waals surface area (Å²) in [4.78, 5) is 31.6. The molecule has 0 aliphatic carbocycles. The van der Waals surface area contributed by atoms with Gasteiger partial charge in [-0.1, -0.05) is 83.9 Å². The summed E-state index contributed by atoms with van der Waals surface area (Å²) in [5, 5.41) is 9.50. The minimum Gasteiger partial charge on any atom is -0.478 e. The van der Waals surface area contributed by atoms with Crippen LogP contribution >= 0.6 is 15.9 Å². The molecule has 3 aromatic carbocycles. The fourth-order valence-corrected chi connectivity index (χ4v) is 4.57. The van der Waals surface area contributed by atoms with Crippen LogP contribution in [0, 0.1) is 0 Å². The molecule has 192 valence electrons. The van der Waals surface area contributed by atoms with E-state index in [1.54, 1.807) is 6.07 Å². The number of hydrogen-bond acceptors (Lipinski definition) is 4. The summed E-state index contributed by atoms with van der Waals surface area (Å²) in [6, 6.07) is 22.6. The first kappa shape index (κ1) is 26.6. The number of rotatable bonds is 10. The van der Waals surface area contributed by atoms with Crippen molar-refractivity contribution >= 4 is 33.6 Å². The number of carboxylic acids is 1. The fourth-order valence-electron chi connectivity index (χ4n) is 4.21. The third-order valence-electron chi connectivity index (χ3n) is 6.39. The Morgan fingerprint density at radius 1 is 1.08 bits per heavy atom. The molecule has 1 aliphatic rings. The Kier molecular flexibility index (Phi) is 8.13. The average molecular weight is 563 g/mol. The molecular formula is C30H31BrN2O4. The molecule has 0 aromatic heterocycles. The van der Waals surface area contributed by atoms with Gasteiger partial charge in [-0.05, 0) is 55.2 Å². The fraction of sp³-hybridized carbons (Fsp3) is 0.300. The number of nitrogens with zero attached hydrogens (tertiary/aromatic N) is 2.